The number of hydrogen-bond acceptors (Lipinski definition) is 4. The molecular weight excluding hydrogens is 528 g/mol. The molecule has 0 bridgehead atoms. The van der Waals surface area contributed by atoms with Gasteiger partial charge in [0.15, 0.2) is 0 Å². The van der Waals surface area contributed by atoms with E-state index in [0.29, 0.717) is 0 Å². The van der Waals surface area contributed by atoms with Crippen LogP contribution in [-0.2, 0) is 0 Å². The van der Waals surface area contributed by atoms with Gasteiger partial charge in [0.05, 0.1) is 0 Å². The summed E-state index contributed by atoms with van der Waals surface area (Å²) < 4.78 is 12.6. The smallest absolute Gasteiger partial charge is 0.137 e. The molecule has 4 heteroatoms. The van der Waals surface area contributed by atoms with Gasteiger partial charge in [-0.25, -0.2) is 0 Å². The summed E-state index contributed by atoms with van der Waals surface area (Å²) in [7, 11) is 0. The van der Waals surface area contributed by atoms with Crippen LogP contribution in [0.5, 0.6) is 0 Å². The highest BCUT2D eigenvalue weighted by molar-refractivity contribution is 6.19. The summed E-state index contributed by atoms with van der Waals surface area (Å²) in [6, 6.07) is 46.5. The number of nitrogens with zero attached hydrogens (tertiary/aromatic N) is 2. The normalized spacial score (nSPS) is 11.7. The van der Waals surface area contributed by atoms with E-state index in [-0.39, 0.29) is 0 Å². The van der Waals surface area contributed by atoms with Crippen LogP contribution in [0.4, 0.5) is 17.1 Å². The molecule has 0 saturated carbocycles. The van der Waals surface area contributed by atoms with Gasteiger partial charge < -0.3 is 13.7 Å². The molecular formula is C39H24N2O2. The van der Waals surface area contributed by atoms with Gasteiger partial charge in [0.2, 0.25) is 0 Å². The minimum absolute atomic E-state index is 0.848. The summed E-state index contributed by atoms with van der Waals surface area (Å²) in [5, 5.41) is 6.57. The van der Waals surface area contributed by atoms with Gasteiger partial charge in [-0.3, -0.25) is 4.98 Å². The van der Waals surface area contributed by atoms with E-state index in [1.807, 2.05) is 42.7 Å². The fourth-order valence-corrected chi connectivity index (χ4v) is 6.32. The Morgan fingerprint density at radius 1 is 0.442 bits per heavy atom. The molecule has 0 aliphatic rings. The molecule has 0 fully saturated rings. The number of pyridine rings is 1. The molecule has 0 radical (unpaired) electrons. The Morgan fingerprint density at radius 3 is 2.12 bits per heavy atom. The molecule has 9 aromatic rings. The first kappa shape index (κ1) is 23.8. The van der Waals surface area contributed by atoms with E-state index in [0.717, 1.165) is 77.3 Å². The SMILES string of the molecule is c1ccc(-c2cccc(N(c3ccc4c(c3)oc3ccccc34)c3ccc4oc5ccc6ccncc6c5c4c3)c2)cc1. The van der Waals surface area contributed by atoms with Crippen molar-refractivity contribution in [2.45, 2.75) is 0 Å². The number of benzene rings is 6. The van der Waals surface area contributed by atoms with Crippen molar-refractivity contribution >= 4 is 71.7 Å². The van der Waals surface area contributed by atoms with Crippen molar-refractivity contribution in [3.63, 3.8) is 0 Å². The largest absolute Gasteiger partial charge is 0.456 e. The molecule has 0 aliphatic heterocycles. The zero-order valence-corrected chi connectivity index (χ0v) is 23.1. The molecule has 43 heavy (non-hydrogen) atoms. The van der Waals surface area contributed by atoms with Crippen molar-refractivity contribution in [1.29, 1.82) is 0 Å². The van der Waals surface area contributed by atoms with Crippen molar-refractivity contribution in [3.05, 3.63) is 146 Å². The van der Waals surface area contributed by atoms with Crippen LogP contribution in [0.3, 0.4) is 0 Å². The molecule has 3 heterocycles. The van der Waals surface area contributed by atoms with Crippen LogP contribution in [0, 0.1) is 0 Å². The first-order valence-electron chi connectivity index (χ1n) is 14.4. The first-order chi connectivity index (χ1) is 21.3. The Balaban J connectivity index is 1.29. The van der Waals surface area contributed by atoms with E-state index in [1.54, 1.807) is 0 Å². The number of para-hydroxylation sites is 1. The summed E-state index contributed by atoms with van der Waals surface area (Å²) in [5.74, 6) is 0. The Labute approximate surface area is 247 Å². The van der Waals surface area contributed by atoms with E-state index in [1.165, 1.54) is 5.56 Å². The Morgan fingerprint density at radius 2 is 1.16 bits per heavy atom. The van der Waals surface area contributed by atoms with Crippen LogP contribution in [0.1, 0.15) is 0 Å². The monoisotopic (exact) mass is 552 g/mol. The van der Waals surface area contributed by atoms with Crippen LogP contribution >= 0.6 is 0 Å². The second-order valence-corrected chi connectivity index (χ2v) is 10.8. The van der Waals surface area contributed by atoms with Crippen LogP contribution in [0.2, 0.25) is 0 Å². The third-order valence-corrected chi connectivity index (χ3v) is 8.33. The van der Waals surface area contributed by atoms with Crippen LogP contribution in [0.15, 0.2) is 155 Å². The summed E-state index contributed by atoms with van der Waals surface area (Å²) >= 11 is 0. The summed E-state index contributed by atoms with van der Waals surface area (Å²) in [6.45, 7) is 0. The van der Waals surface area contributed by atoms with Crippen molar-refractivity contribution < 1.29 is 8.83 Å². The number of aromatic nitrogens is 1. The molecule has 0 N–H and O–H groups in total. The second-order valence-electron chi connectivity index (χ2n) is 10.8. The lowest BCUT2D eigenvalue weighted by atomic mass is 10.0. The summed E-state index contributed by atoms with van der Waals surface area (Å²) in [6.07, 6.45) is 3.76. The topological polar surface area (TPSA) is 42.4 Å². The van der Waals surface area contributed by atoms with Crippen LogP contribution in [-0.4, -0.2) is 4.98 Å². The average Bonchev–Trinajstić information content (AvgIpc) is 3.63. The van der Waals surface area contributed by atoms with Crippen LogP contribution in [0.25, 0.3) is 65.8 Å². The van der Waals surface area contributed by atoms with Gasteiger partial charge in [-0.2, -0.15) is 0 Å². The Bertz CT molecular complexity index is 2470. The standard InChI is InChI=1S/C39H24N2O2/c1-2-7-25(8-3-1)27-9-6-10-28(21-27)41(30-14-16-32-31-11-4-5-12-35(31)43-38(32)23-30)29-15-18-36-33(22-29)39-34-24-40-20-19-26(34)13-17-37(39)42-36/h1-24H. The second kappa shape index (κ2) is 9.33. The van der Waals surface area contributed by atoms with E-state index in [4.69, 9.17) is 8.83 Å². The maximum Gasteiger partial charge on any atom is 0.137 e. The third-order valence-electron chi connectivity index (χ3n) is 8.33. The lowest BCUT2D eigenvalue weighted by Crippen LogP contribution is -2.10. The zero-order chi connectivity index (χ0) is 28.3. The highest BCUT2D eigenvalue weighted by Crippen LogP contribution is 2.42. The van der Waals surface area contributed by atoms with Crippen molar-refractivity contribution in [1.82, 2.24) is 4.98 Å². The fourth-order valence-electron chi connectivity index (χ4n) is 6.32. The predicted molar refractivity (Wildman–Crippen MR) is 176 cm³/mol. The molecule has 0 amide bonds. The number of furan rings is 2. The number of anilines is 3. The van der Waals surface area contributed by atoms with Gasteiger partial charge in [-0.1, -0.05) is 66.7 Å². The van der Waals surface area contributed by atoms with E-state index in [2.05, 4.69) is 113 Å². The molecule has 4 nitrogen and oxygen atoms in total. The van der Waals surface area contributed by atoms with Crippen molar-refractivity contribution in [3.8, 4) is 11.1 Å². The van der Waals surface area contributed by atoms with Gasteiger partial charge in [-0.15, -0.1) is 0 Å². The van der Waals surface area contributed by atoms with Gasteiger partial charge >= 0.3 is 0 Å². The maximum atomic E-state index is 6.32. The minimum atomic E-state index is 0.848. The van der Waals surface area contributed by atoms with Crippen molar-refractivity contribution in [2.24, 2.45) is 0 Å². The van der Waals surface area contributed by atoms with Crippen LogP contribution < -0.4 is 4.90 Å². The van der Waals surface area contributed by atoms with Gasteiger partial charge in [0.1, 0.15) is 22.3 Å². The molecule has 202 valence electrons. The minimum Gasteiger partial charge on any atom is -0.456 e. The highest BCUT2D eigenvalue weighted by atomic mass is 16.3. The zero-order valence-electron chi connectivity index (χ0n) is 23.1. The van der Waals surface area contributed by atoms with Gasteiger partial charge in [0.25, 0.3) is 0 Å². The number of rotatable bonds is 4. The van der Waals surface area contributed by atoms with Crippen molar-refractivity contribution in [2.75, 3.05) is 4.90 Å². The quantitative estimate of drug-likeness (QED) is 0.218. The first-order valence-corrected chi connectivity index (χ1v) is 14.4. The summed E-state index contributed by atoms with van der Waals surface area (Å²) in [4.78, 5) is 6.72. The van der Waals surface area contributed by atoms with E-state index < -0.39 is 0 Å². The number of fused-ring (bicyclic) bond motifs is 8. The molecule has 0 atom stereocenters. The van der Waals surface area contributed by atoms with E-state index >= 15 is 0 Å². The maximum absolute atomic E-state index is 6.32. The highest BCUT2D eigenvalue weighted by Gasteiger charge is 2.19. The van der Waals surface area contributed by atoms with E-state index in [9.17, 15) is 0 Å². The predicted octanol–water partition coefficient (Wildman–Crippen LogP) is 11.2. The molecule has 0 saturated heterocycles. The lowest BCUT2D eigenvalue weighted by Gasteiger charge is -2.26. The summed E-state index contributed by atoms with van der Waals surface area (Å²) in [5.41, 5.74) is 8.86. The molecule has 3 aromatic heterocycles. The number of hydrogen-bond donors (Lipinski definition) is 0. The lowest BCUT2D eigenvalue weighted by molar-refractivity contribution is 0.668. The average molecular weight is 553 g/mol. The molecule has 9 rings (SSSR count). The fraction of sp³-hybridized carbons (Fsp3) is 0. The Kier molecular flexibility index (Phi) is 5.16. The molecule has 0 aliphatic carbocycles. The molecule has 0 unspecified atom stereocenters. The Hall–Kier alpha value is -5.87. The van der Waals surface area contributed by atoms with Gasteiger partial charge in [-0.05, 0) is 77.2 Å². The molecule has 6 aromatic carbocycles. The molecule has 0 spiro atoms. The third kappa shape index (κ3) is 3.81. The van der Waals surface area contributed by atoms with Gasteiger partial charge in [0, 0.05) is 62.5 Å².